The Morgan fingerprint density at radius 3 is 2.00 bits per heavy atom. The quantitative estimate of drug-likeness (QED) is 0.215. The minimum atomic E-state index is -0.574. The fraction of sp³-hybridized carbons (Fsp3) is 0.192. The van der Waals surface area contributed by atoms with Gasteiger partial charge in [0.2, 0.25) is 0 Å². The maximum absolute atomic E-state index is 12.7. The van der Waals surface area contributed by atoms with Crippen LogP contribution in [0.2, 0.25) is 0 Å². The van der Waals surface area contributed by atoms with Crippen molar-refractivity contribution in [3.63, 3.8) is 0 Å². The molecular formula is C26H21O2S+. The predicted octanol–water partition coefficient (Wildman–Crippen LogP) is 6.83. The topological polar surface area (TPSA) is 26.3 Å². The summed E-state index contributed by atoms with van der Waals surface area (Å²) in [6.45, 7) is 1.79. The largest absolute Gasteiger partial charge is 0.442 e. The fourth-order valence-electron chi connectivity index (χ4n) is 4.05. The van der Waals surface area contributed by atoms with E-state index in [2.05, 4.69) is 72.5 Å². The molecule has 4 aromatic rings. The van der Waals surface area contributed by atoms with Crippen molar-refractivity contribution in [2.75, 3.05) is 0 Å². The molecule has 1 aromatic heterocycles. The van der Waals surface area contributed by atoms with Crippen LogP contribution in [0.5, 0.6) is 0 Å². The van der Waals surface area contributed by atoms with Crippen LogP contribution in [0, 0.1) is 11.8 Å². The maximum Gasteiger partial charge on any atom is 0.339 e. The highest BCUT2D eigenvalue weighted by atomic mass is 32.2. The van der Waals surface area contributed by atoms with Crippen molar-refractivity contribution in [2.45, 2.75) is 31.8 Å². The molecule has 0 radical (unpaired) electrons. The third kappa shape index (κ3) is 3.01. The summed E-state index contributed by atoms with van der Waals surface area (Å²) < 4.78 is 8.45. The number of rotatable bonds is 3. The number of hydrogen-bond acceptors (Lipinski definition) is 2. The van der Waals surface area contributed by atoms with Gasteiger partial charge >= 0.3 is 5.97 Å². The van der Waals surface area contributed by atoms with Crippen LogP contribution >= 0.6 is 10.5 Å². The molecule has 1 heterocycles. The zero-order valence-corrected chi connectivity index (χ0v) is 17.1. The smallest absolute Gasteiger partial charge is 0.339 e. The van der Waals surface area contributed by atoms with E-state index in [-0.39, 0.29) is 16.4 Å². The minimum absolute atomic E-state index is 0.149. The van der Waals surface area contributed by atoms with E-state index in [0.717, 1.165) is 19.3 Å². The van der Waals surface area contributed by atoms with Crippen molar-refractivity contribution in [3.8, 4) is 16.7 Å². The highest BCUT2D eigenvalue weighted by Gasteiger charge is 2.39. The van der Waals surface area contributed by atoms with E-state index in [4.69, 9.17) is 4.74 Å². The number of hydrogen-bond donors (Lipinski definition) is 0. The molecule has 1 fully saturated rings. The van der Waals surface area contributed by atoms with Crippen LogP contribution in [-0.4, -0.2) is 11.6 Å². The van der Waals surface area contributed by atoms with Crippen molar-refractivity contribution in [1.29, 1.82) is 0 Å². The zero-order valence-electron chi connectivity index (χ0n) is 16.3. The lowest BCUT2D eigenvalue weighted by Crippen LogP contribution is -2.40. The van der Waals surface area contributed by atoms with Gasteiger partial charge in [-0.1, -0.05) is 30.2 Å². The minimum Gasteiger partial charge on any atom is -0.442 e. The summed E-state index contributed by atoms with van der Waals surface area (Å²) >= 11 is 0. The monoisotopic (exact) mass is 397 g/mol. The third-order valence-electron chi connectivity index (χ3n) is 5.63. The summed E-state index contributed by atoms with van der Waals surface area (Å²) in [7, 11) is -0.149. The Labute approximate surface area is 173 Å². The Hall–Kier alpha value is -3.09. The van der Waals surface area contributed by atoms with E-state index in [0.29, 0.717) is 5.56 Å². The molecule has 1 saturated carbocycles. The first-order chi connectivity index (χ1) is 14.2. The van der Waals surface area contributed by atoms with Crippen LogP contribution in [0.4, 0.5) is 0 Å². The van der Waals surface area contributed by atoms with Gasteiger partial charge in [-0.3, -0.25) is 0 Å². The number of fused-ring (bicyclic) bond motifs is 3. The number of esters is 1. The highest BCUT2D eigenvalue weighted by Crippen LogP contribution is 2.48. The lowest BCUT2D eigenvalue weighted by molar-refractivity contribution is -0.0258. The second-order valence-electron chi connectivity index (χ2n) is 7.44. The van der Waals surface area contributed by atoms with Gasteiger partial charge in [-0.2, -0.15) is 0 Å². The molecule has 0 aliphatic heterocycles. The van der Waals surface area contributed by atoms with Gasteiger partial charge < -0.3 is 4.74 Å². The van der Waals surface area contributed by atoms with Crippen molar-refractivity contribution >= 4 is 36.6 Å². The number of ether oxygens (including phenoxy) is 1. The first-order valence-corrected chi connectivity index (χ1v) is 11.1. The molecule has 1 aliphatic rings. The van der Waals surface area contributed by atoms with E-state index in [1.807, 2.05) is 12.1 Å². The van der Waals surface area contributed by atoms with Crippen molar-refractivity contribution in [1.82, 2.24) is 0 Å². The number of carbonyl (C=O) groups excluding carboxylic acids is 1. The molecule has 0 unspecified atom stereocenters. The third-order valence-corrected chi connectivity index (χ3v) is 7.97. The van der Waals surface area contributed by atoms with Gasteiger partial charge in [-0.05, 0) is 74.7 Å². The SMILES string of the molecule is CC#CC1(OC(=O)c2ccc(-[s+]3c4ccccc4c4ccccc43)cc2)CCC1. The van der Waals surface area contributed by atoms with Crippen molar-refractivity contribution in [2.24, 2.45) is 0 Å². The van der Waals surface area contributed by atoms with E-state index in [1.165, 1.54) is 25.1 Å². The number of benzene rings is 3. The van der Waals surface area contributed by atoms with E-state index >= 15 is 0 Å². The Balaban J connectivity index is 1.52. The summed E-state index contributed by atoms with van der Waals surface area (Å²) in [6.07, 6.45) is 2.71. The van der Waals surface area contributed by atoms with Gasteiger partial charge in [-0.25, -0.2) is 4.79 Å². The lowest BCUT2D eigenvalue weighted by Gasteiger charge is -2.36. The molecule has 29 heavy (non-hydrogen) atoms. The van der Waals surface area contributed by atoms with E-state index in [9.17, 15) is 4.79 Å². The van der Waals surface area contributed by atoms with Gasteiger partial charge in [-0.15, -0.1) is 5.92 Å². The molecule has 0 N–H and O–H groups in total. The maximum atomic E-state index is 12.7. The average molecular weight is 398 g/mol. The van der Waals surface area contributed by atoms with Gasteiger partial charge in [0.05, 0.1) is 5.56 Å². The normalized spacial score (nSPS) is 14.8. The molecule has 1 aliphatic carbocycles. The second-order valence-corrected chi connectivity index (χ2v) is 9.40. The Kier molecular flexibility index (Phi) is 4.38. The number of thiophene rings is 1. The first kappa shape index (κ1) is 18.0. The average Bonchev–Trinajstić information content (AvgIpc) is 3.07. The molecular weight excluding hydrogens is 376 g/mol. The van der Waals surface area contributed by atoms with Crippen LogP contribution in [-0.2, 0) is 4.74 Å². The fourth-order valence-corrected chi connectivity index (χ4v) is 6.43. The van der Waals surface area contributed by atoms with Crippen LogP contribution in [0.25, 0.3) is 25.1 Å². The van der Waals surface area contributed by atoms with Crippen molar-refractivity contribution < 1.29 is 9.53 Å². The van der Waals surface area contributed by atoms with Crippen LogP contribution < -0.4 is 0 Å². The molecule has 142 valence electrons. The predicted molar refractivity (Wildman–Crippen MR) is 121 cm³/mol. The van der Waals surface area contributed by atoms with Crippen molar-refractivity contribution in [3.05, 3.63) is 78.4 Å². The summed E-state index contributed by atoms with van der Waals surface area (Å²) in [6, 6.07) is 25.1. The summed E-state index contributed by atoms with van der Waals surface area (Å²) in [5.41, 5.74) is 0.0116. The highest BCUT2D eigenvalue weighted by molar-refractivity contribution is 7.50. The van der Waals surface area contributed by atoms with Gasteiger partial charge in [0.1, 0.15) is 0 Å². The Morgan fingerprint density at radius 1 is 0.897 bits per heavy atom. The first-order valence-electron chi connectivity index (χ1n) is 9.91. The standard InChI is InChI=1S/C26H21O2S/c1-2-16-26(17-7-18-26)28-25(27)19-12-14-20(15-13-19)29-23-10-5-3-8-21(23)22-9-4-6-11-24(22)29/h3-6,8-15H,7,17-18H2,1H3/q+1. The molecule has 0 spiro atoms. The molecule has 0 atom stereocenters. The second kappa shape index (κ2) is 7.06. The Bertz CT molecular complexity index is 1230. The molecule has 0 bridgehead atoms. The zero-order chi connectivity index (χ0) is 19.8. The van der Waals surface area contributed by atoms with Crippen LogP contribution in [0.1, 0.15) is 36.5 Å². The lowest BCUT2D eigenvalue weighted by atomic mass is 9.80. The summed E-state index contributed by atoms with van der Waals surface area (Å²) in [5.74, 6) is 5.71. The summed E-state index contributed by atoms with van der Waals surface area (Å²) in [4.78, 5) is 13.9. The van der Waals surface area contributed by atoms with E-state index in [1.54, 1.807) is 6.92 Å². The van der Waals surface area contributed by atoms with Crippen LogP contribution in [0.15, 0.2) is 72.8 Å². The summed E-state index contributed by atoms with van der Waals surface area (Å²) in [5, 5.41) is 2.61. The van der Waals surface area contributed by atoms with E-state index < -0.39 is 5.60 Å². The molecule has 5 rings (SSSR count). The van der Waals surface area contributed by atoms with Crippen LogP contribution in [0.3, 0.4) is 0 Å². The number of carbonyl (C=O) groups is 1. The molecule has 2 nitrogen and oxygen atoms in total. The van der Waals surface area contributed by atoms with Gasteiger partial charge in [0.15, 0.2) is 19.9 Å². The molecule has 3 aromatic carbocycles. The Morgan fingerprint density at radius 2 is 1.48 bits per heavy atom. The molecule has 3 heteroatoms. The molecule has 0 saturated heterocycles. The van der Waals surface area contributed by atoms with Gasteiger partial charge in [0, 0.05) is 21.2 Å². The van der Waals surface area contributed by atoms with Gasteiger partial charge in [0.25, 0.3) is 0 Å². The molecule has 0 amide bonds.